The van der Waals surface area contributed by atoms with Gasteiger partial charge in [-0.2, -0.15) is 4.31 Å². The van der Waals surface area contributed by atoms with Crippen molar-refractivity contribution in [3.63, 3.8) is 0 Å². The summed E-state index contributed by atoms with van der Waals surface area (Å²) < 4.78 is 37.3. The molecular formula is C20H20ClNO6S. The number of halogens is 1. The Morgan fingerprint density at radius 3 is 2.38 bits per heavy atom. The summed E-state index contributed by atoms with van der Waals surface area (Å²) >= 11 is 5.81. The number of ether oxygens (including phenoxy) is 2. The van der Waals surface area contributed by atoms with Crippen molar-refractivity contribution in [2.24, 2.45) is 0 Å². The third-order valence-electron chi connectivity index (χ3n) is 4.46. The predicted octanol–water partition coefficient (Wildman–Crippen LogP) is 2.79. The maximum atomic E-state index is 12.8. The third kappa shape index (κ3) is 5.02. The van der Waals surface area contributed by atoms with Gasteiger partial charge in [0, 0.05) is 23.7 Å². The normalized spacial score (nSPS) is 16.2. The van der Waals surface area contributed by atoms with Crippen LogP contribution in [0.5, 0.6) is 0 Å². The van der Waals surface area contributed by atoms with Crippen LogP contribution >= 0.6 is 11.6 Å². The molecule has 3 rings (SSSR count). The van der Waals surface area contributed by atoms with Gasteiger partial charge in [-0.15, -0.1) is 0 Å². The Bertz CT molecular complexity index is 1000. The van der Waals surface area contributed by atoms with Crippen molar-refractivity contribution in [1.82, 2.24) is 4.31 Å². The van der Waals surface area contributed by atoms with Crippen LogP contribution in [0.3, 0.4) is 0 Å². The number of ketones is 1. The summed E-state index contributed by atoms with van der Waals surface area (Å²) in [5.74, 6) is -1.16. The molecule has 1 atom stereocenters. The Labute approximate surface area is 174 Å². The number of sulfonamides is 1. The van der Waals surface area contributed by atoms with E-state index in [0.29, 0.717) is 23.8 Å². The average molecular weight is 438 g/mol. The largest absolute Gasteiger partial charge is 0.451 e. The van der Waals surface area contributed by atoms with Crippen LogP contribution < -0.4 is 0 Å². The molecule has 1 heterocycles. The van der Waals surface area contributed by atoms with Crippen LogP contribution in [0.1, 0.15) is 27.6 Å². The fraction of sp³-hybridized carbons (Fsp3) is 0.300. The molecule has 0 aromatic heterocycles. The SMILES string of the molecule is CC(OC(=O)c1cccc(S(=O)(=O)N2CCOCC2)c1)C(=O)c1ccc(Cl)cc1. The molecule has 0 radical (unpaired) electrons. The lowest BCUT2D eigenvalue weighted by molar-refractivity contribution is 0.0318. The number of rotatable bonds is 6. The zero-order valence-corrected chi connectivity index (χ0v) is 17.3. The van der Waals surface area contributed by atoms with E-state index in [1.165, 1.54) is 35.5 Å². The minimum atomic E-state index is -3.74. The molecular weight excluding hydrogens is 418 g/mol. The molecule has 0 saturated carbocycles. The molecule has 1 fully saturated rings. The van der Waals surface area contributed by atoms with Gasteiger partial charge < -0.3 is 9.47 Å². The van der Waals surface area contributed by atoms with E-state index in [2.05, 4.69) is 0 Å². The van der Waals surface area contributed by atoms with E-state index in [9.17, 15) is 18.0 Å². The fourth-order valence-corrected chi connectivity index (χ4v) is 4.43. The first-order chi connectivity index (χ1) is 13.8. The Kier molecular flexibility index (Phi) is 6.69. The lowest BCUT2D eigenvalue weighted by atomic mass is 10.1. The van der Waals surface area contributed by atoms with Gasteiger partial charge in [-0.1, -0.05) is 17.7 Å². The van der Waals surface area contributed by atoms with E-state index in [1.807, 2.05) is 0 Å². The van der Waals surface area contributed by atoms with Gasteiger partial charge in [0.1, 0.15) is 0 Å². The second-order valence-corrected chi connectivity index (χ2v) is 8.84. The van der Waals surface area contributed by atoms with Gasteiger partial charge in [0.25, 0.3) is 0 Å². The molecule has 2 aromatic carbocycles. The summed E-state index contributed by atoms with van der Waals surface area (Å²) in [5.41, 5.74) is 0.411. The van der Waals surface area contributed by atoms with Gasteiger partial charge in [-0.05, 0) is 49.4 Å². The zero-order chi connectivity index (χ0) is 21.0. The second-order valence-electron chi connectivity index (χ2n) is 6.46. The zero-order valence-electron chi connectivity index (χ0n) is 15.7. The number of hydrogen-bond donors (Lipinski definition) is 0. The van der Waals surface area contributed by atoms with Crippen LogP contribution in [0.4, 0.5) is 0 Å². The Hall–Kier alpha value is -2.26. The number of esters is 1. The second kappa shape index (κ2) is 9.04. The van der Waals surface area contributed by atoms with Gasteiger partial charge in [-0.25, -0.2) is 13.2 Å². The first kappa shape index (κ1) is 21.4. The smallest absolute Gasteiger partial charge is 0.338 e. The number of hydrogen-bond acceptors (Lipinski definition) is 6. The Morgan fingerprint density at radius 1 is 1.07 bits per heavy atom. The minimum absolute atomic E-state index is 0.00877. The van der Waals surface area contributed by atoms with Crippen molar-refractivity contribution in [2.75, 3.05) is 26.3 Å². The van der Waals surface area contributed by atoms with E-state index in [0.717, 1.165) is 0 Å². The number of Topliss-reactive ketones (excluding diaryl/α,β-unsaturated/α-hetero) is 1. The molecule has 9 heteroatoms. The fourth-order valence-electron chi connectivity index (χ4n) is 2.85. The van der Waals surface area contributed by atoms with Crippen LogP contribution in [0.15, 0.2) is 53.4 Å². The summed E-state index contributed by atoms with van der Waals surface area (Å²) in [6, 6.07) is 11.8. The van der Waals surface area contributed by atoms with Gasteiger partial charge in [0.05, 0.1) is 23.7 Å². The van der Waals surface area contributed by atoms with Crippen LogP contribution in [-0.2, 0) is 19.5 Å². The lowest BCUT2D eigenvalue weighted by Crippen LogP contribution is -2.40. The number of nitrogens with zero attached hydrogens (tertiary/aromatic N) is 1. The quantitative estimate of drug-likeness (QED) is 0.510. The molecule has 2 aromatic rings. The summed E-state index contributed by atoms with van der Waals surface area (Å²) in [5, 5.41) is 0.490. The van der Waals surface area contributed by atoms with Crippen molar-refractivity contribution < 1.29 is 27.5 Å². The first-order valence-corrected chi connectivity index (χ1v) is 10.8. The van der Waals surface area contributed by atoms with Crippen LogP contribution in [0.25, 0.3) is 0 Å². The van der Waals surface area contributed by atoms with Gasteiger partial charge in [0.15, 0.2) is 6.10 Å². The number of morpholine rings is 1. The number of benzene rings is 2. The molecule has 1 aliphatic heterocycles. The molecule has 0 amide bonds. The monoisotopic (exact) mass is 437 g/mol. The molecule has 154 valence electrons. The van der Waals surface area contributed by atoms with Crippen LogP contribution in [0.2, 0.25) is 5.02 Å². The van der Waals surface area contributed by atoms with Gasteiger partial charge in [0.2, 0.25) is 15.8 Å². The Morgan fingerprint density at radius 2 is 1.72 bits per heavy atom. The summed E-state index contributed by atoms with van der Waals surface area (Å²) in [6.45, 7) is 2.62. The molecule has 0 aliphatic carbocycles. The molecule has 1 saturated heterocycles. The average Bonchev–Trinajstić information content (AvgIpc) is 2.74. The molecule has 29 heavy (non-hydrogen) atoms. The van der Waals surface area contributed by atoms with Crippen molar-refractivity contribution in [2.45, 2.75) is 17.9 Å². The Balaban J connectivity index is 1.73. The van der Waals surface area contributed by atoms with E-state index < -0.39 is 22.1 Å². The van der Waals surface area contributed by atoms with Crippen molar-refractivity contribution >= 4 is 33.4 Å². The third-order valence-corrected chi connectivity index (χ3v) is 6.61. The van der Waals surface area contributed by atoms with E-state index in [-0.39, 0.29) is 29.3 Å². The molecule has 7 nitrogen and oxygen atoms in total. The highest BCUT2D eigenvalue weighted by molar-refractivity contribution is 7.89. The predicted molar refractivity (Wildman–Crippen MR) is 107 cm³/mol. The number of carbonyl (C=O) groups is 2. The maximum absolute atomic E-state index is 12.8. The van der Waals surface area contributed by atoms with Crippen molar-refractivity contribution in [3.05, 3.63) is 64.7 Å². The standard InChI is InChI=1S/C20H20ClNO6S/c1-14(19(23)15-5-7-17(21)8-6-15)28-20(24)16-3-2-4-18(13-16)29(25,26)22-9-11-27-12-10-22/h2-8,13-14H,9-12H2,1H3. The van der Waals surface area contributed by atoms with Crippen molar-refractivity contribution in [3.8, 4) is 0 Å². The highest BCUT2D eigenvalue weighted by Gasteiger charge is 2.27. The van der Waals surface area contributed by atoms with Crippen LogP contribution in [0, 0.1) is 0 Å². The van der Waals surface area contributed by atoms with E-state index >= 15 is 0 Å². The van der Waals surface area contributed by atoms with Gasteiger partial charge >= 0.3 is 5.97 Å². The minimum Gasteiger partial charge on any atom is -0.451 e. The summed E-state index contributed by atoms with van der Waals surface area (Å²) in [6.07, 6.45) is -1.04. The topological polar surface area (TPSA) is 90.0 Å². The summed E-state index contributed by atoms with van der Waals surface area (Å²) in [4.78, 5) is 24.9. The first-order valence-electron chi connectivity index (χ1n) is 8.98. The van der Waals surface area contributed by atoms with Gasteiger partial charge in [-0.3, -0.25) is 4.79 Å². The number of carbonyl (C=O) groups excluding carboxylic acids is 2. The lowest BCUT2D eigenvalue weighted by Gasteiger charge is -2.26. The highest BCUT2D eigenvalue weighted by atomic mass is 35.5. The molecule has 0 spiro atoms. The highest BCUT2D eigenvalue weighted by Crippen LogP contribution is 2.20. The van der Waals surface area contributed by atoms with E-state index in [1.54, 1.807) is 24.3 Å². The van der Waals surface area contributed by atoms with Crippen molar-refractivity contribution in [1.29, 1.82) is 0 Å². The molecule has 1 aliphatic rings. The molecule has 1 unspecified atom stereocenters. The van der Waals surface area contributed by atoms with E-state index in [4.69, 9.17) is 21.1 Å². The summed E-state index contributed by atoms with van der Waals surface area (Å²) in [7, 11) is -3.74. The molecule has 0 bridgehead atoms. The maximum Gasteiger partial charge on any atom is 0.338 e. The molecule has 0 N–H and O–H groups in total. The van der Waals surface area contributed by atoms with Crippen LogP contribution in [-0.4, -0.2) is 56.9 Å².